The van der Waals surface area contributed by atoms with Crippen LogP contribution in [0.1, 0.15) is 5.56 Å². The Morgan fingerprint density at radius 1 is 1.53 bits per heavy atom. The zero-order chi connectivity index (χ0) is 12.8. The molecule has 0 radical (unpaired) electrons. The number of hydrogen-bond acceptors (Lipinski definition) is 3. The molecule has 0 heterocycles. The lowest BCUT2D eigenvalue weighted by atomic mass is 10.2. The second-order valence-electron chi connectivity index (χ2n) is 3.64. The van der Waals surface area contributed by atoms with Gasteiger partial charge in [0.05, 0.1) is 12.7 Å². The highest BCUT2D eigenvalue weighted by Crippen LogP contribution is 2.19. The van der Waals surface area contributed by atoms with E-state index < -0.39 is 12.1 Å². The summed E-state index contributed by atoms with van der Waals surface area (Å²) < 4.78 is 0. The third-order valence-electron chi connectivity index (χ3n) is 2.12. The molecule has 5 nitrogen and oxygen atoms in total. The highest BCUT2D eigenvalue weighted by molar-refractivity contribution is 6.31. The van der Waals surface area contributed by atoms with E-state index >= 15 is 0 Å². The van der Waals surface area contributed by atoms with Crippen molar-refractivity contribution in [1.82, 2.24) is 5.32 Å². The number of rotatable bonds is 4. The first kappa shape index (κ1) is 13.8. The van der Waals surface area contributed by atoms with E-state index in [1.807, 2.05) is 6.92 Å². The SMILES string of the molecule is Cc1cc(NC(=O)NC[C@@H](O)CO)ccc1Cl. The van der Waals surface area contributed by atoms with Crippen LogP contribution in [0.3, 0.4) is 0 Å². The van der Waals surface area contributed by atoms with Crippen molar-refractivity contribution in [1.29, 1.82) is 0 Å². The topological polar surface area (TPSA) is 81.6 Å². The van der Waals surface area contributed by atoms with Gasteiger partial charge in [-0.05, 0) is 30.7 Å². The smallest absolute Gasteiger partial charge is 0.319 e. The molecule has 1 aromatic carbocycles. The molecule has 0 bridgehead atoms. The lowest BCUT2D eigenvalue weighted by molar-refractivity contribution is 0.0965. The number of aryl methyl sites for hydroxylation is 1. The molecular weight excluding hydrogens is 244 g/mol. The number of amides is 2. The molecule has 0 aromatic heterocycles. The second kappa shape index (κ2) is 6.44. The van der Waals surface area contributed by atoms with Crippen LogP contribution in [0.2, 0.25) is 5.02 Å². The minimum absolute atomic E-state index is 0.00505. The highest BCUT2D eigenvalue weighted by atomic mass is 35.5. The summed E-state index contributed by atoms with van der Waals surface area (Å²) >= 11 is 5.85. The Balaban J connectivity index is 2.48. The fraction of sp³-hybridized carbons (Fsp3) is 0.364. The van der Waals surface area contributed by atoms with Crippen LogP contribution in [0.4, 0.5) is 10.5 Å². The van der Waals surface area contributed by atoms with E-state index in [1.165, 1.54) is 0 Å². The van der Waals surface area contributed by atoms with Gasteiger partial charge in [-0.15, -0.1) is 0 Å². The molecule has 1 rings (SSSR count). The lowest BCUT2D eigenvalue weighted by Crippen LogP contribution is -2.36. The quantitative estimate of drug-likeness (QED) is 0.653. The number of nitrogens with one attached hydrogen (secondary N) is 2. The summed E-state index contributed by atoms with van der Waals surface area (Å²) in [7, 11) is 0. The van der Waals surface area contributed by atoms with Gasteiger partial charge in [0.2, 0.25) is 0 Å². The highest BCUT2D eigenvalue weighted by Gasteiger charge is 2.06. The summed E-state index contributed by atoms with van der Waals surface area (Å²) in [5, 5.41) is 23.3. The van der Waals surface area contributed by atoms with Gasteiger partial charge in [0, 0.05) is 17.3 Å². The average Bonchev–Trinajstić information content (AvgIpc) is 2.31. The molecule has 0 aliphatic rings. The van der Waals surface area contributed by atoms with Crippen molar-refractivity contribution in [3.05, 3.63) is 28.8 Å². The monoisotopic (exact) mass is 258 g/mol. The summed E-state index contributed by atoms with van der Waals surface area (Å²) in [5.41, 5.74) is 1.47. The van der Waals surface area contributed by atoms with E-state index in [1.54, 1.807) is 18.2 Å². The van der Waals surface area contributed by atoms with E-state index in [0.29, 0.717) is 10.7 Å². The third-order valence-corrected chi connectivity index (χ3v) is 2.55. The first-order valence-corrected chi connectivity index (χ1v) is 5.50. The molecule has 0 spiro atoms. The molecule has 0 saturated carbocycles. The van der Waals surface area contributed by atoms with Crippen LogP contribution in [-0.4, -0.2) is 35.5 Å². The van der Waals surface area contributed by atoms with Crippen molar-refractivity contribution >= 4 is 23.3 Å². The predicted octanol–water partition coefficient (Wildman–Crippen LogP) is 1.12. The molecule has 17 heavy (non-hydrogen) atoms. The van der Waals surface area contributed by atoms with E-state index in [2.05, 4.69) is 10.6 Å². The summed E-state index contributed by atoms with van der Waals surface area (Å²) in [4.78, 5) is 11.4. The van der Waals surface area contributed by atoms with Gasteiger partial charge in [-0.2, -0.15) is 0 Å². The van der Waals surface area contributed by atoms with Crippen molar-refractivity contribution in [3.8, 4) is 0 Å². The zero-order valence-corrected chi connectivity index (χ0v) is 10.2. The molecule has 94 valence electrons. The number of benzene rings is 1. The van der Waals surface area contributed by atoms with Crippen molar-refractivity contribution in [3.63, 3.8) is 0 Å². The fourth-order valence-corrected chi connectivity index (χ4v) is 1.29. The van der Waals surface area contributed by atoms with E-state index in [-0.39, 0.29) is 13.2 Å². The maximum Gasteiger partial charge on any atom is 0.319 e. The number of urea groups is 1. The van der Waals surface area contributed by atoms with Crippen molar-refractivity contribution < 1.29 is 15.0 Å². The maximum absolute atomic E-state index is 11.4. The molecule has 0 unspecified atom stereocenters. The summed E-state index contributed by atoms with van der Waals surface area (Å²) in [6, 6.07) is 4.66. The van der Waals surface area contributed by atoms with Gasteiger partial charge >= 0.3 is 6.03 Å². The molecule has 0 saturated heterocycles. The number of aliphatic hydroxyl groups excluding tert-OH is 2. The van der Waals surface area contributed by atoms with Crippen LogP contribution in [0.15, 0.2) is 18.2 Å². The van der Waals surface area contributed by atoms with E-state index in [0.717, 1.165) is 5.56 Å². The molecule has 0 aliphatic heterocycles. The van der Waals surface area contributed by atoms with Gasteiger partial charge in [-0.25, -0.2) is 4.79 Å². The number of anilines is 1. The number of halogens is 1. The number of hydrogen-bond donors (Lipinski definition) is 4. The lowest BCUT2D eigenvalue weighted by Gasteiger charge is -2.11. The van der Waals surface area contributed by atoms with Gasteiger partial charge in [0.1, 0.15) is 0 Å². The van der Waals surface area contributed by atoms with Crippen LogP contribution >= 0.6 is 11.6 Å². The minimum Gasteiger partial charge on any atom is -0.394 e. The minimum atomic E-state index is -0.951. The Hall–Kier alpha value is -1.30. The van der Waals surface area contributed by atoms with Crippen molar-refractivity contribution in [2.75, 3.05) is 18.5 Å². The summed E-state index contributed by atoms with van der Waals surface area (Å²) in [6.45, 7) is 1.44. The molecule has 0 fully saturated rings. The second-order valence-corrected chi connectivity index (χ2v) is 4.04. The first-order chi connectivity index (χ1) is 8.02. The molecule has 1 aromatic rings. The first-order valence-electron chi connectivity index (χ1n) is 5.13. The Morgan fingerprint density at radius 3 is 2.82 bits per heavy atom. The number of carbonyl (C=O) groups excluding carboxylic acids is 1. The van der Waals surface area contributed by atoms with Gasteiger partial charge in [-0.3, -0.25) is 0 Å². The fourth-order valence-electron chi connectivity index (χ4n) is 1.17. The van der Waals surface area contributed by atoms with Crippen molar-refractivity contribution in [2.45, 2.75) is 13.0 Å². The Kier molecular flexibility index (Phi) is 5.21. The van der Waals surface area contributed by atoms with Gasteiger partial charge in [0.15, 0.2) is 0 Å². The van der Waals surface area contributed by atoms with Crippen LogP contribution in [-0.2, 0) is 0 Å². The van der Waals surface area contributed by atoms with Crippen LogP contribution in [0.5, 0.6) is 0 Å². The molecule has 2 amide bonds. The van der Waals surface area contributed by atoms with Crippen LogP contribution in [0, 0.1) is 6.92 Å². The third kappa shape index (κ3) is 4.60. The Labute approximate surface area is 104 Å². The van der Waals surface area contributed by atoms with E-state index in [4.69, 9.17) is 21.8 Å². The number of carbonyl (C=O) groups is 1. The normalized spacial score (nSPS) is 12.0. The van der Waals surface area contributed by atoms with Gasteiger partial charge < -0.3 is 20.8 Å². The van der Waals surface area contributed by atoms with Crippen LogP contribution in [0.25, 0.3) is 0 Å². The molecule has 1 atom stereocenters. The maximum atomic E-state index is 11.4. The van der Waals surface area contributed by atoms with Gasteiger partial charge in [-0.1, -0.05) is 11.6 Å². The standard InChI is InChI=1S/C11H15ClN2O3/c1-7-4-8(2-3-10(7)12)14-11(17)13-5-9(16)6-15/h2-4,9,15-16H,5-6H2,1H3,(H2,13,14,17)/t9-/m1/s1. The molecule has 4 N–H and O–H groups in total. The van der Waals surface area contributed by atoms with E-state index in [9.17, 15) is 4.79 Å². The summed E-state index contributed by atoms with van der Waals surface area (Å²) in [6.07, 6.45) is -0.951. The molecular formula is C11H15ClN2O3. The van der Waals surface area contributed by atoms with Crippen molar-refractivity contribution in [2.24, 2.45) is 0 Å². The van der Waals surface area contributed by atoms with Crippen LogP contribution < -0.4 is 10.6 Å². The largest absolute Gasteiger partial charge is 0.394 e. The average molecular weight is 259 g/mol. The molecule has 0 aliphatic carbocycles. The van der Waals surface area contributed by atoms with Gasteiger partial charge in [0.25, 0.3) is 0 Å². The number of aliphatic hydroxyl groups is 2. The molecule has 6 heteroatoms. The Bertz CT molecular complexity index is 398. The Morgan fingerprint density at radius 2 is 2.24 bits per heavy atom. The predicted molar refractivity (Wildman–Crippen MR) is 66.3 cm³/mol. The summed E-state index contributed by atoms with van der Waals surface area (Å²) in [5.74, 6) is 0. The zero-order valence-electron chi connectivity index (χ0n) is 9.40.